The van der Waals surface area contributed by atoms with Crippen molar-refractivity contribution < 1.29 is 23.9 Å². The zero-order chi connectivity index (χ0) is 51.1. The van der Waals surface area contributed by atoms with Gasteiger partial charge in [-0.3, -0.25) is 19.2 Å². The van der Waals surface area contributed by atoms with Crippen LogP contribution >= 0.6 is 11.8 Å². The van der Waals surface area contributed by atoms with Crippen LogP contribution in [0.1, 0.15) is 76.5 Å². The van der Waals surface area contributed by atoms with E-state index in [0.29, 0.717) is 49.0 Å². The van der Waals surface area contributed by atoms with Gasteiger partial charge in [0, 0.05) is 54.6 Å². The van der Waals surface area contributed by atoms with Crippen LogP contribution < -0.4 is 38.1 Å². The summed E-state index contributed by atoms with van der Waals surface area (Å²) in [7, 11) is 1.69. The number of ether oxygens (including phenoxy) is 1. The zero-order valence-corrected chi connectivity index (χ0v) is 42.8. The molecule has 3 aliphatic heterocycles. The van der Waals surface area contributed by atoms with Crippen molar-refractivity contribution in [3.8, 4) is 0 Å². The van der Waals surface area contributed by atoms with Gasteiger partial charge in [0.2, 0.25) is 28.8 Å². The topological polar surface area (TPSA) is 240 Å². The second kappa shape index (κ2) is 26.0. The van der Waals surface area contributed by atoms with Gasteiger partial charge in [-0.1, -0.05) is 97.9 Å². The van der Waals surface area contributed by atoms with Gasteiger partial charge in [0.15, 0.2) is 0 Å². The number of hydrogen-bond acceptors (Lipinski definition) is 14. The fourth-order valence-electron chi connectivity index (χ4n) is 9.95. The molecule has 0 saturated carbocycles. The molecule has 4 aromatic rings. The lowest BCUT2D eigenvalue weighted by Gasteiger charge is -2.34. The number of nitrogens with one attached hydrogen (secondary N) is 5. The highest BCUT2D eigenvalue weighted by Crippen LogP contribution is 2.35. The standard InChI is InChI=1S/C53H73N13O5S/c1-34(2)45(55)50(68)60-48-39(23-24-41-25-26-42(66(41)52(48)70)30-58-47(37-16-9-6-10-17-37)38-18-11-7-12-19-38)28-57-29-40(54)33-71-32-35(3)46(59-49(67)36(4)56-5)51(69)64-27-15-20-43(64)31-65-53(61-62-63-65)72-44-21-13-8-14-22-44/h6-14,16-19,21-22,29,35-36,39,41-43,45-48,56-58H,1,15,20,23-28,30-33,54-55H2,2-5H3,(H,59,67)(H,60,68)/b40-29-/t35-,36-,39+,41-,42-,43-,45-,46-,48-/m0/s1. The van der Waals surface area contributed by atoms with Gasteiger partial charge in [-0.05, 0) is 105 Å². The number of hydrogen-bond donors (Lipinski definition) is 7. The summed E-state index contributed by atoms with van der Waals surface area (Å²) < 4.78 is 7.85. The Kier molecular flexibility index (Phi) is 19.4. The summed E-state index contributed by atoms with van der Waals surface area (Å²) in [6, 6.07) is 27.0. The summed E-state index contributed by atoms with van der Waals surface area (Å²) in [6.45, 7) is 11.3. The number of aromatic nitrogens is 4. The van der Waals surface area contributed by atoms with E-state index in [1.165, 1.54) is 11.8 Å². The SMILES string of the molecule is C=C(C)[C@H](N)C(=O)N[C@@H]1C(=O)N2[C@@H](CC[C@@H]1CN/C=C(\N)COC[C@H](C)[C@H](NC(=O)[C@H](C)NC)C(=O)N1CCC[C@H]1Cn1nnnc1Sc1ccccc1)CC[C@H]2CNC(c1ccccc1)c1ccccc1. The third-order valence-electron chi connectivity index (χ3n) is 14.2. The van der Waals surface area contributed by atoms with Crippen molar-refractivity contribution >= 4 is 35.4 Å². The van der Waals surface area contributed by atoms with Crippen molar-refractivity contribution in [2.45, 2.75) is 124 Å². The number of fused-ring (bicyclic) bond motifs is 1. The Balaban J connectivity index is 0.973. The average molecular weight is 1000 g/mol. The maximum Gasteiger partial charge on any atom is 0.246 e. The Bertz CT molecular complexity index is 2410. The molecule has 19 heteroatoms. The minimum absolute atomic E-state index is 0.0348. The number of likely N-dealkylation sites (N-methyl/N-ethyl adjacent to an activating group) is 1. The molecular weight excluding hydrogens is 931 g/mol. The van der Waals surface area contributed by atoms with E-state index in [-0.39, 0.29) is 61.0 Å². The Labute approximate surface area is 427 Å². The van der Waals surface area contributed by atoms with E-state index in [9.17, 15) is 19.2 Å². The van der Waals surface area contributed by atoms with E-state index < -0.39 is 36.0 Å². The maximum atomic E-state index is 14.8. The highest BCUT2D eigenvalue weighted by atomic mass is 32.2. The maximum absolute atomic E-state index is 14.8. The lowest BCUT2D eigenvalue weighted by Crippen LogP contribution is -2.58. The number of likely N-dealkylation sites (tertiary alicyclic amines) is 1. The first-order valence-corrected chi connectivity index (χ1v) is 26.0. The predicted molar refractivity (Wildman–Crippen MR) is 278 cm³/mol. The van der Waals surface area contributed by atoms with Crippen molar-refractivity contribution in [3.05, 3.63) is 126 Å². The van der Waals surface area contributed by atoms with Gasteiger partial charge in [-0.25, -0.2) is 4.68 Å². The normalized spacial score (nSPS) is 21.9. The number of amides is 4. The minimum Gasteiger partial charge on any atom is -0.399 e. The minimum atomic E-state index is -0.962. The molecule has 18 nitrogen and oxygen atoms in total. The first-order valence-electron chi connectivity index (χ1n) is 25.2. The fraction of sp³-hybridized carbons (Fsp3) is 0.491. The summed E-state index contributed by atoms with van der Waals surface area (Å²) in [4.78, 5) is 60.9. The molecule has 0 bridgehead atoms. The summed E-state index contributed by atoms with van der Waals surface area (Å²) in [6.07, 6.45) is 6.41. The molecule has 4 amide bonds. The van der Waals surface area contributed by atoms with Crippen molar-refractivity contribution in [1.29, 1.82) is 0 Å². The second-order valence-electron chi connectivity index (χ2n) is 19.4. The zero-order valence-electron chi connectivity index (χ0n) is 42.0. The second-order valence-corrected chi connectivity index (χ2v) is 20.5. The lowest BCUT2D eigenvalue weighted by molar-refractivity contribution is -0.140. The van der Waals surface area contributed by atoms with Crippen LogP contribution in [0.5, 0.6) is 0 Å². The number of carbonyl (C=O) groups is 4. The monoisotopic (exact) mass is 1000 g/mol. The van der Waals surface area contributed by atoms with Crippen molar-refractivity contribution in [2.75, 3.05) is 39.9 Å². The van der Waals surface area contributed by atoms with Crippen molar-refractivity contribution in [3.63, 3.8) is 0 Å². The highest BCUT2D eigenvalue weighted by Gasteiger charge is 2.46. The van der Waals surface area contributed by atoms with Gasteiger partial charge in [0.25, 0.3) is 0 Å². The Morgan fingerprint density at radius 2 is 1.57 bits per heavy atom. The van der Waals surface area contributed by atoms with Crippen LogP contribution in [0, 0.1) is 11.8 Å². The largest absolute Gasteiger partial charge is 0.399 e. The van der Waals surface area contributed by atoms with Gasteiger partial charge in [-0.2, -0.15) is 0 Å². The van der Waals surface area contributed by atoms with Crippen LogP contribution in [0.15, 0.2) is 125 Å². The first-order chi connectivity index (χ1) is 34.8. The summed E-state index contributed by atoms with van der Waals surface area (Å²) in [5.41, 5.74) is 15.9. The summed E-state index contributed by atoms with van der Waals surface area (Å²) in [5.74, 6) is -1.77. The average Bonchev–Trinajstić information content (AvgIpc) is 4.14. The predicted octanol–water partition coefficient (Wildman–Crippen LogP) is 3.49. The molecule has 0 radical (unpaired) electrons. The molecule has 3 aliphatic rings. The summed E-state index contributed by atoms with van der Waals surface area (Å²) in [5, 5.41) is 29.1. The molecule has 7 rings (SSSR count). The number of nitrogens with zero attached hydrogens (tertiary/aromatic N) is 6. The molecule has 0 spiro atoms. The quantitative estimate of drug-likeness (QED) is 0.0498. The molecule has 1 aromatic heterocycles. The van der Waals surface area contributed by atoms with Gasteiger partial charge >= 0.3 is 0 Å². The van der Waals surface area contributed by atoms with Crippen LogP contribution in [-0.2, 0) is 30.5 Å². The molecular formula is C53H73N13O5S. The number of rotatable bonds is 24. The number of tetrazole rings is 1. The third-order valence-corrected chi connectivity index (χ3v) is 15.2. The van der Waals surface area contributed by atoms with E-state index in [1.807, 2.05) is 83.5 Å². The van der Waals surface area contributed by atoms with Crippen LogP contribution in [-0.4, -0.2) is 136 Å². The van der Waals surface area contributed by atoms with E-state index in [2.05, 4.69) is 73.0 Å². The van der Waals surface area contributed by atoms with Crippen LogP contribution in [0.4, 0.5) is 0 Å². The van der Waals surface area contributed by atoms with Crippen LogP contribution in [0.25, 0.3) is 0 Å². The van der Waals surface area contributed by atoms with Crippen LogP contribution in [0.2, 0.25) is 0 Å². The molecule has 0 aliphatic carbocycles. The van der Waals surface area contributed by atoms with Gasteiger partial charge < -0.3 is 52.6 Å². The molecule has 3 saturated heterocycles. The summed E-state index contributed by atoms with van der Waals surface area (Å²) >= 11 is 1.46. The van der Waals surface area contributed by atoms with Crippen molar-refractivity contribution in [1.82, 2.24) is 56.6 Å². The first kappa shape index (κ1) is 53.7. The third kappa shape index (κ3) is 13.9. The number of carbonyl (C=O) groups excluding carboxylic acids is 4. The smallest absolute Gasteiger partial charge is 0.246 e. The van der Waals surface area contributed by atoms with E-state index in [4.69, 9.17) is 16.2 Å². The Morgan fingerprint density at radius 3 is 2.24 bits per heavy atom. The molecule has 3 fully saturated rings. The van der Waals surface area contributed by atoms with Gasteiger partial charge in [0.1, 0.15) is 18.1 Å². The molecule has 4 heterocycles. The van der Waals surface area contributed by atoms with Gasteiger partial charge in [0.05, 0.1) is 43.6 Å². The molecule has 386 valence electrons. The fourth-order valence-corrected chi connectivity index (χ4v) is 10.7. The lowest BCUT2D eigenvalue weighted by atomic mass is 9.92. The van der Waals surface area contributed by atoms with E-state index >= 15 is 0 Å². The number of benzene rings is 3. The molecule has 72 heavy (non-hydrogen) atoms. The molecule has 3 aromatic carbocycles. The number of nitrogens with two attached hydrogens (primary N) is 2. The van der Waals surface area contributed by atoms with Gasteiger partial charge in [-0.15, -0.1) is 5.10 Å². The molecule has 9 atom stereocenters. The van der Waals surface area contributed by atoms with Crippen molar-refractivity contribution in [2.24, 2.45) is 23.3 Å². The molecule has 0 unspecified atom stereocenters. The van der Waals surface area contributed by atoms with Crippen LogP contribution in [0.3, 0.4) is 0 Å². The highest BCUT2D eigenvalue weighted by molar-refractivity contribution is 7.99. The van der Waals surface area contributed by atoms with E-state index in [0.717, 1.165) is 48.1 Å². The molecule has 9 N–H and O–H groups in total. The van der Waals surface area contributed by atoms with E-state index in [1.54, 1.807) is 31.8 Å². The Morgan fingerprint density at radius 1 is 0.903 bits per heavy atom. The Hall–Kier alpha value is -6.12.